The molecule has 0 saturated heterocycles. The average molecular weight is 338 g/mol. The predicted octanol–water partition coefficient (Wildman–Crippen LogP) is 3.15. The highest BCUT2D eigenvalue weighted by Crippen LogP contribution is 2.23. The van der Waals surface area contributed by atoms with Gasteiger partial charge in [-0.2, -0.15) is 0 Å². The van der Waals surface area contributed by atoms with Crippen LogP contribution in [0.5, 0.6) is 0 Å². The van der Waals surface area contributed by atoms with Crippen LogP contribution < -0.4 is 5.32 Å². The van der Waals surface area contributed by atoms with E-state index in [-0.39, 0.29) is 17.4 Å². The number of amides is 1. The maximum absolute atomic E-state index is 12.7. The topological polar surface area (TPSA) is 51.9 Å². The van der Waals surface area contributed by atoms with Gasteiger partial charge in [-0.15, -0.1) is 0 Å². The summed E-state index contributed by atoms with van der Waals surface area (Å²) in [5.41, 5.74) is 2.17. The molecule has 2 heterocycles. The molecule has 0 fully saturated rings. The SMILES string of the molecule is Cn1cc(CC(=O)N[C@H](Cn2ccnc2)C(C)(C)C)c2ccccc21. The summed E-state index contributed by atoms with van der Waals surface area (Å²) in [6.07, 6.45) is 7.91. The third-order valence-corrected chi connectivity index (χ3v) is 4.66. The minimum atomic E-state index is -0.0430. The van der Waals surface area contributed by atoms with Crippen LogP contribution in [0.25, 0.3) is 10.9 Å². The van der Waals surface area contributed by atoms with E-state index >= 15 is 0 Å². The molecule has 25 heavy (non-hydrogen) atoms. The largest absolute Gasteiger partial charge is 0.351 e. The van der Waals surface area contributed by atoms with E-state index in [1.54, 1.807) is 12.5 Å². The fraction of sp³-hybridized carbons (Fsp3) is 0.400. The number of aryl methyl sites for hydroxylation is 1. The fourth-order valence-corrected chi connectivity index (χ4v) is 3.13. The Hall–Kier alpha value is -2.56. The maximum Gasteiger partial charge on any atom is 0.224 e. The number of rotatable bonds is 5. The molecule has 0 saturated carbocycles. The molecule has 0 aliphatic rings. The van der Waals surface area contributed by atoms with Crippen molar-refractivity contribution in [1.29, 1.82) is 0 Å². The van der Waals surface area contributed by atoms with Gasteiger partial charge >= 0.3 is 0 Å². The first-order valence-corrected chi connectivity index (χ1v) is 8.62. The second-order valence-electron chi connectivity index (χ2n) is 7.70. The van der Waals surface area contributed by atoms with E-state index in [0.717, 1.165) is 16.5 Å². The van der Waals surface area contributed by atoms with Crippen LogP contribution >= 0.6 is 0 Å². The Morgan fingerprint density at radius 1 is 1.28 bits per heavy atom. The number of hydrogen-bond acceptors (Lipinski definition) is 2. The first kappa shape index (κ1) is 17.3. The summed E-state index contributed by atoms with van der Waals surface area (Å²) in [6, 6.07) is 8.22. The molecule has 5 heteroatoms. The highest BCUT2D eigenvalue weighted by atomic mass is 16.1. The molecule has 0 aliphatic heterocycles. The number of fused-ring (bicyclic) bond motifs is 1. The standard InChI is InChI=1S/C20H26N4O/c1-20(2,3)18(13-24-10-9-21-14-24)22-19(25)11-15-12-23(4)17-8-6-5-7-16(15)17/h5-10,12,14,18H,11,13H2,1-4H3,(H,22,25)/t18-/m1/s1. The molecule has 1 N–H and O–H groups in total. The third-order valence-electron chi connectivity index (χ3n) is 4.66. The number of carbonyl (C=O) groups is 1. The zero-order valence-electron chi connectivity index (χ0n) is 15.4. The average Bonchev–Trinajstić information content (AvgIpc) is 3.15. The number of hydrogen-bond donors (Lipinski definition) is 1. The molecule has 3 aromatic rings. The van der Waals surface area contributed by atoms with Crippen LogP contribution in [0.15, 0.2) is 49.2 Å². The number of benzene rings is 1. The molecule has 5 nitrogen and oxygen atoms in total. The van der Waals surface area contributed by atoms with Crippen molar-refractivity contribution in [2.75, 3.05) is 0 Å². The third kappa shape index (κ3) is 3.92. The Morgan fingerprint density at radius 3 is 2.72 bits per heavy atom. The first-order chi connectivity index (χ1) is 11.8. The quantitative estimate of drug-likeness (QED) is 0.777. The van der Waals surface area contributed by atoms with Crippen molar-refractivity contribution in [3.63, 3.8) is 0 Å². The van der Waals surface area contributed by atoms with Crippen LogP contribution in [0.1, 0.15) is 26.3 Å². The summed E-state index contributed by atoms with van der Waals surface area (Å²) in [7, 11) is 2.01. The van der Waals surface area contributed by atoms with Crippen molar-refractivity contribution in [1.82, 2.24) is 19.4 Å². The molecule has 0 unspecified atom stereocenters. The highest BCUT2D eigenvalue weighted by molar-refractivity contribution is 5.89. The number of aromatic nitrogens is 3. The maximum atomic E-state index is 12.7. The molecule has 3 rings (SSSR count). The van der Waals surface area contributed by atoms with Crippen LogP contribution in [-0.2, 0) is 24.8 Å². The summed E-state index contributed by atoms with van der Waals surface area (Å²) in [6.45, 7) is 7.15. The number of nitrogens with zero attached hydrogens (tertiary/aromatic N) is 3. The minimum absolute atomic E-state index is 0.0316. The van der Waals surface area contributed by atoms with Crippen LogP contribution in [0.2, 0.25) is 0 Å². The fourth-order valence-electron chi connectivity index (χ4n) is 3.13. The highest BCUT2D eigenvalue weighted by Gasteiger charge is 2.26. The normalized spacial score (nSPS) is 13.1. The van der Waals surface area contributed by atoms with Gasteiger partial charge in [0.05, 0.1) is 18.8 Å². The smallest absolute Gasteiger partial charge is 0.224 e. The van der Waals surface area contributed by atoms with E-state index in [9.17, 15) is 4.79 Å². The number of carbonyl (C=O) groups excluding carboxylic acids is 1. The second-order valence-corrected chi connectivity index (χ2v) is 7.70. The monoisotopic (exact) mass is 338 g/mol. The van der Waals surface area contributed by atoms with Crippen molar-refractivity contribution in [2.24, 2.45) is 12.5 Å². The van der Waals surface area contributed by atoms with Gasteiger partial charge in [-0.05, 0) is 17.0 Å². The minimum Gasteiger partial charge on any atom is -0.351 e. The summed E-state index contributed by atoms with van der Waals surface area (Å²) >= 11 is 0. The number of imidazole rings is 1. The van der Waals surface area contributed by atoms with Gasteiger partial charge in [-0.3, -0.25) is 4.79 Å². The molecule has 0 spiro atoms. The molecular weight excluding hydrogens is 312 g/mol. The van der Waals surface area contributed by atoms with Crippen LogP contribution in [0, 0.1) is 5.41 Å². The molecule has 132 valence electrons. The van der Waals surface area contributed by atoms with Crippen LogP contribution in [0.3, 0.4) is 0 Å². The lowest BCUT2D eigenvalue weighted by Crippen LogP contribution is -2.46. The number of para-hydroxylation sites is 1. The van der Waals surface area contributed by atoms with Gasteiger partial charge in [0, 0.05) is 43.1 Å². The lowest BCUT2D eigenvalue weighted by Gasteiger charge is -2.31. The van der Waals surface area contributed by atoms with E-state index in [1.165, 1.54) is 0 Å². The van der Waals surface area contributed by atoms with Gasteiger partial charge in [0.25, 0.3) is 0 Å². The molecule has 1 amide bonds. The van der Waals surface area contributed by atoms with Crippen LogP contribution in [0.4, 0.5) is 0 Å². The van der Waals surface area contributed by atoms with E-state index in [1.807, 2.05) is 36.1 Å². The van der Waals surface area contributed by atoms with Crippen molar-refractivity contribution in [2.45, 2.75) is 39.8 Å². The summed E-state index contributed by atoms with van der Waals surface area (Å²) in [5.74, 6) is 0.0522. The molecular formula is C20H26N4O. The molecule has 1 aromatic carbocycles. The van der Waals surface area contributed by atoms with Crippen molar-refractivity contribution >= 4 is 16.8 Å². The summed E-state index contributed by atoms with van der Waals surface area (Å²) in [5, 5.41) is 4.36. The van der Waals surface area contributed by atoms with Crippen molar-refractivity contribution in [3.05, 3.63) is 54.7 Å². The molecule has 1 atom stereocenters. The van der Waals surface area contributed by atoms with Gasteiger partial charge in [0.15, 0.2) is 0 Å². The van der Waals surface area contributed by atoms with E-state index in [0.29, 0.717) is 13.0 Å². The molecule has 2 aromatic heterocycles. The van der Waals surface area contributed by atoms with Gasteiger partial charge in [-0.1, -0.05) is 39.0 Å². The Bertz CT molecular complexity index is 856. The first-order valence-electron chi connectivity index (χ1n) is 8.62. The van der Waals surface area contributed by atoms with Crippen molar-refractivity contribution < 1.29 is 4.79 Å². The summed E-state index contributed by atoms with van der Waals surface area (Å²) < 4.78 is 4.08. The van der Waals surface area contributed by atoms with Gasteiger partial charge in [0.2, 0.25) is 5.91 Å². The molecule has 0 radical (unpaired) electrons. The Labute approximate surface area is 148 Å². The van der Waals surface area contributed by atoms with E-state index in [2.05, 4.69) is 47.8 Å². The lowest BCUT2D eigenvalue weighted by molar-refractivity contribution is -0.122. The zero-order chi connectivity index (χ0) is 18.0. The molecule has 0 bridgehead atoms. The predicted molar refractivity (Wildman–Crippen MR) is 100 cm³/mol. The van der Waals surface area contributed by atoms with E-state index in [4.69, 9.17) is 0 Å². The Kier molecular flexibility index (Phi) is 4.66. The lowest BCUT2D eigenvalue weighted by atomic mass is 9.86. The Morgan fingerprint density at radius 2 is 2.04 bits per heavy atom. The zero-order valence-corrected chi connectivity index (χ0v) is 15.4. The van der Waals surface area contributed by atoms with E-state index < -0.39 is 0 Å². The second kappa shape index (κ2) is 6.75. The Balaban J connectivity index is 1.75. The summed E-state index contributed by atoms with van der Waals surface area (Å²) in [4.78, 5) is 16.8. The number of nitrogens with one attached hydrogen (secondary N) is 1. The van der Waals surface area contributed by atoms with Gasteiger partial charge < -0.3 is 14.5 Å². The van der Waals surface area contributed by atoms with Crippen molar-refractivity contribution in [3.8, 4) is 0 Å². The van der Waals surface area contributed by atoms with Crippen LogP contribution in [-0.4, -0.2) is 26.1 Å². The van der Waals surface area contributed by atoms with Gasteiger partial charge in [0.1, 0.15) is 0 Å². The molecule has 0 aliphatic carbocycles. The van der Waals surface area contributed by atoms with Gasteiger partial charge in [-0.25, -0.2) is 4.98 Å².